The van der Waals surface area contributed by atoms with Crippen LogP contribution < -0.4 is 0 Å². The number of ether oxygens (including phenoxy) is 1. The van der Waals surface area contributed by atoms with E-state index in [9.17, 15) is 5.11 Å². The Labute approximate surface area is 118 Å². The smallest absolute Gasteiger partial charge is 0.0641 e. The van der Waals surface area contributed by atoms with Crippen molar-refractivity contribution in [1.82, 2.24) is 4.90 Å². The first-order valence-electron chi connectivity index (χ1n) is 7.81. The molecular formula is C16H31NO2. The third-order valence-corrected chi connectivity index (χ3v) is 5.70. The third kappa shape index (κ3) is 2.98. The highest BCUT2D eigenvalue weighted by Gasteiger charge is 2.48. The van der Waals surface area contributed by atoms with Crippen LogP contribution in [0.25, 0.3) is 0 Å². The molecular weight excluding hydrogens is 238 g/mol. The summed E-state index contributed by atoms with van der Waals surface area (Å²) in [5.74, 6) is 0. The second-order valence-corrected chi connectivity index (χ2v) is 7.37. The molecule has 0 aliphatic heterocycles. The lowest BCUT2D eigenvalue weighted by Gasteiger charge is -2.52. The van der Waals surface area contributed by atoms with Crippen molar-refractivity contribution in [2.24, 2.45) is 5.41 Å². The van der Waals surface area contributed by atoms with E-state index in [1.54, 1.807) is 7.11 Å². The van der Waals surface area contributed by atoms with E-state index in [0.29, 0.717) is 11.5 Å². The maximum absolute atomic E-state index is 10.1. The van der Waals surface area contributed by atoms with Gasteiger partial charge in [0.2, 0.25) is 0 Å². The predicted molar refractivity (Wildman–Crippen MR) is 78.3 cm³/mol. The first-order chi connectivity index (χ1) is 8.91. The average molecular weight is 269 g/mol. The van der Waals surface area contributed by atoms with Gasteiger partial charge in [-0.25, -0.2) is 0 Å². The molecule has 0 amide bonds. The molecule has 1 spiro atoms. The van der Waals surface area contributed by atoms with Gasteiger partial charge >= 0.3 is 0 Å². The fraction of sp³-hybridized carbons (Fsp3) is 1.00. The molecule has 3 heteroatoms. The van der Waals surface area contributed by atoms with Crippen molar-refractivity contribution < 1.29 is 9.84 Å². The van der Waals surface area contributed by atoms with Crippen LogP contribution in [0.1, 0.15) is 58.8 Å². The summed E-state index contributed by atoms with van der Waals surface area (Å²) < 4.78 is 5.39. The number of hydrogen-bond acceptors (Lipinski definition) is 3. The number of aliphatic hydroxyl groups excluding tert-OH is 1. The van der Waals surface area contributed by atoms with Crippen molar-refractivity contribution in [1.29, 1.82) is 0 Å². The lowest BCUT2D eigenvalue weighted by Crippen LogP contribution is -2.58. The predicted octanol–water partition coefficient (Wildman–Crippen LogP) is 2.82. The Morgan fingerprint density at radius 1 is 1.26 bits per heavy atom. The Hall–Kier alpha value is -0.120. The standard InChI is InChI=1S/C16H31NO2/c1-15(2,12-19-4)17(3)14-11-13(18)7-10-16(14)8-5-6-9-16/h13-14,18H,5-12H2,1-4H3. The second kappa shape index (κ2) is 5.71. The monoisotopic (exact) mass is 269 g/mol. The van der Waals surface area contributed by atoms with E-state index in [-0.39, 0.29) is 11.6 Å². The van der Waals surface area contributed by atoms with Gasteiger partial charge in [0.15, 0.2) is 0 Å². The van der Waals surface area contributed by atoms with Gasteiger partial charge in [0.1, 0.15) is 0 Å². The van der Waals surface area contributed by atoms with Crippen molar-refractivity contribution in [2.75, 3.05) is 20.8 Å². The molecule has 0 saturated heterocycles. The number of methoxy groups -OCH3 is 1. The maximum atomic E-state index is 10.1. The Morgan fingerprint density at radius 2 is 1.89 bits per heavy atom. The summed E-state index contributed by atoms with van der Waals surface area (Å²) in [6, 6.07) is 0.504. The number of nitrogens with zero attached hydrogens (tertiary/aromatic N) is 1. The quantitative estimate of drug-likeness (QED) is 0.852. The minimum atomic E-state index is -0.114. The molecule has 1 N–H and O–H groups in total. The molecule has 2 saturated carbocycles. The summed E-state index contributed by atoms with van der Waals surface area (Å²) in [5, 5.41) is 10.1. The highest BCUT2D eigenvalue weighted by atomic mass is 16.5. The summed E-state index contributed by atoms with van der Waals surface area (Å²) in [7, 11) is 4.00. The van der Waals surface area contributed by atoms with E-state index < -0.39 is 0 Å². The maximum Gasteiger partial charge on any atom is 0.0641 e. The Morgan fingerprint density at radius 3 is 2.47 bits per heavy atom. The number of rotatable bonds is 4. The molecule has 2 aliphatic carbocycles. The Kier molecular flexibility index (Phi) is 4.59. The van der Waals surface area contributed by atoms with Crippen LogP contribution >= 0.6 is 0 Å². The molecule has 0 aromatic heterocycles. The van der Waals surface area contributed by atoms with Crippen LogP contribution in [-0.2, 0) is 4.74 Å². The van der Waals surface area contributed by atoms with E-state index in [0.717, 1.165) is 19.4 Å². The van der Waals surface area contributed by atoms with Gasteiger partial charge < -0.3 is 9.84 Å². The van der Waals surface area contributed by atoms with E-state index in [4.69, 9.17) is 4.74 Å². The minimum absolute atomic E-state index is 0.0338. The van der Waals surface area contributed by atoms with E-state index >= 15 is 0 Å². The van der Waals surface area contributed by atoms with Gasteiger partial charge in [-0.1, -0.05) is 12.8 Å². The zero-order valence-corrected chi connectivity index (χ0v) is 13.1. The summed E-state index contributed by atoms with van der Waals surface area (Å²) in [6.45, 7) is 5.24. The summed E-state index contributed by atoms with van der Waals surface area (Å²) in [4.78, 5) is 2.49. The zero-order valence-electron chi connectivity index (χ0n) is 13.1. The van der Waals surface area contributed by atoms with Crippen LogP contribution in [-0.4, -0.2) is 48.5 Å². The molecule has 0 heterocycles. The molecule has 19 heavy (non-hydrogen) atoms. The van der Waals surface area contributed by atoms with Crippen LogP contribution in [0, 0.1) is 5.41 Å². The molecule has 0 radical (unpaired) electrons. The average Bonchev–Trinajstić information content (AvgIpc) is 2.81. The van der Waals surface area contributed by atoms with Crippen molar-refractivity contribution in [3.05, 3.63) is 0 Å². The van der Waals surface area contributed by atoms with E-state index in [2.05, 4.69) is 25.8 Å². The van der Waals surface area contributed by atoms with Crippen molar-refractivity contribution in [2.45, 2.75) is 76.5 Å². The van der Waals surface area contributed by atoms with Gasteiger partial charge in [-0.3, -0.25) is 4.90 Å². The Balaban J connectivity index is 2.17. The number of aliphatic hydroxyl groups is 1. The molecule has 2 rings (SSSR count). The molecule has 0 bridgehead atoms. The zero-order chi connectivity index (χ0) is 14.1. The first-order valence-corrected chi connectivity index (χ1v) is 7.81. The van der Waals surface area contributed by atoms with Gasteiger partial charge in [-0.05, 0) is 58.4 Å². The van der Waals surface area contributed by atoms with Crippen molar-refractivity contribution in [3.8, 4) is 0 Å². The van der Waals surface area contributed by atoms with Gasteiger partial charge in [-0.2, -0.15) is 0 Å². The lowest BCUT2D eigenvalue weighted by molar-refractivity contribution is -0.0685. The lowest BCUT2D eigenvalue weighted by atomic mass is 9.67. The molecule has 0 aromatic rings. The van der Waals surface area contributed by atoms with E-state index in [1.165, 1.54) is 32.1 Å². The number of hydrogen-bond donors (Lipinski definition) is 1. The third-order valence-electron chi connectivity index (χ3n) is 5.70. The molecule has 2 aliphatic rings. The van der Waals surface area contributed by atoms with Crippen LogP contribution in [0.5, 0.6) is 0 Å². The SMILES string of the molecule is COCC(C)(C)N(C)C1CC(O)CCC12CCCC2. The van der Waals surface area contributed by atoms with Gasteiger partial charge in [0.25, 0.3) is 0 Å². The topological polar surface area (TPSA) is 32.7 Å². The van der Waals surface area contributed by atoms with Crippen LogP contribution in [0.15, 0.2) is 0 Å². The van der Waals surface area contributed by atoms with Gasteiger partial charge in [0.05, 0.1) is 12.7 Å². The molecule has 0 aromatic carbocycles. The summed E-state index contributed by atoms with van der Waals surface area (Å²) >= 11 is 0. The van der Waals surface area contributed by atoms with Gasteiger partial charge in [0, 0.05) is 18.7 Å². The molecule has 2 unspecified atom stereocenters. The second-order valence-electron chi connectivity index (χ2n) is 7.37. The normalized spacial score (nSPS) is 31.3. The van der Waals surface area contributed by atoms with Crippen molar-refractivity contribution >= 4 is 0 Å². The molecule has 112 valence electrons. The van der Waals surface area contributed by atoms with Crippen LogP contribution in [0.3, 0.4) is 0 Å². The fourth-order valence-corrected chi connectivity index (χ4v) is 4.35. The number of likely N-dealkylation sites (N-methyl/N-ethyl adjacent to an activating group) is 1. The van der Waals surface area contributed by atoms with E-state index in [1.807, 2.05) is 0 Å². The first kappa shape index (κ1) is 15.3. The minimum Gasteiger partial charge on any atom is -0.393 e. The largest absolute Gasteiger partial charge is 0.393 e. The van der Waals surface area contributed by atoms with Crippen LogP contribution in [0.2, 0.25) is 0 Å². The van der Waals surface area contributed by atoms with Crippen LogP contribution in [0.4, 0.5) is 0 Å². The van der Waals surface area contributed by atoms with Gasteiger partial charge in [-0.15, -0.1) is 0 Å². The Bertz CT molecular complexity index is 297. The highest BCUT2D eigenvalue weighted by molar-refractivity contribution is 5.02. The molecule has 2 fully saturated rings. The molecule has 2 atom stereocenters. The van der Waals surface area contributed by atoms with Crippen molar-refractivity contribution in [3.63, 3.8) is 0 Å². The highest BCUT2D eigenvalue weighted by Crippen LogP contribution is 2.51. The summed E-state index contributed by atoms with van der Waals surface area (Å²) in [5.41, 5.74) is 0.491. The fourth-order valence-electron chi connectivity index (χ4n) is 4.35. The molecule has 3 nitrogen and oxygen atoms in total. The summed E-state index contributed by atoms with van der Waals surface area (Å²) in [6.07, 6.45) is 8.44.